The molecule has 1 N–H and O–H groups in total. The van der Waals surface area contributed by atoms with Crippen molar-refractivity contribution in [2.45, 2.75) is 32.2 Å². The highest BCUT2D eigenvalue weighted by Gasteiger charge is 2.17. The normalized spacial score (nSPS) is 16.2. The van der Waals surface area contributed by atoms with Crippen molar-refractivity contribution in [3.8, 4) is 5.75 Å². The molecule has 1 aromatic rings. The standard InChI is InChI=1S/C16H24N2O2/c1-13(14-7-3-4-8-15(14)20-2)17-10-9-16(19)18-11-5-6-12-18/h3-4,7-8,13,17H,5-6,9-12H2,1-2H3. The number of nitrogens with one attached hydrogen (secondary N) is 1. The molecule has 0 aliphatic carbocycles. The van der Waals surface area contributed by atoms with Crippen molar-refractivity contribution in [2.75, 3.05) is 26.7 Å². The first-order valence-corrected chi connectivity index (χ1v) is 7.36. The van der Waals surface area contributed by atoms with Gasteiger partial charge in [-0.1, -0.05) is 18.2 Å². The minimum absolute atomic E-state index is 0.178. The molecule has 1 aliphatic rings. The zero-order valence-corrected chi connectivity index (χ0v) is 12.4. The molecule has 4 heteroatoms. The van der Waals surface area contributed by atoms with Gasteiger partial charge in [0.15, 0.2) is 0 Å². The number of ether oxygens (including phenoxy) is 1. The number of carbonyl (C=O) groups excluding carboxylic acids is 1. The molecule has 4 nitrogen and oxygen atoms in total. The van der Waals surface area contributed by atoms with Gasteiger partial charge in [0.1, 0.15) is 5.75 Å². The molecule has 1 aromatic carbocycles. The summed E-state index contributed by atoms with van der Waals surface area (Å²) >= 11 is 0. The van der Waals surface area contributed by atoms with Crippen LogP contribution in [0, 0.1) is 0 Å². The lowest BCUT2D eigenvalue weighted by Gasteiger charge is -2.19. The zero-order chi connectivity index (χ0) is 14.4. The van der Waals surface area contributed by atoms with Crippen LogP contribution in [0.1, 0.15) is 37.8 Å². The molecular formula is C16H24N2O2. The lowest BCUT2D eigenvalue weighted by atomic mass is 10.1. The summed E-state index contributed by atoms with van der Waals surface area (Å²) in [6.07, 6.45) is 2.87. The van der Waals surface area contributed by atoms with Crippen molar-refractivity contribution in [1.82, 2.24) is 10.2 Å². The molecule has 0 spiro atoms. The van der Waals surface area contributed by atoms with Crippen LogP contribution in [-0.4, -0.2) is 37.6 Å². The van der Waals surface area contributed by atoms with Crippen LogP contribution in [0.15, 0.2) is 24.3 Å². The fourth-order valence-corrected chi connectivity index (χ4v) is 2.65. The maximum Gasteiger partial charge on any atom is 0.223 e. The molecular weight excluding hydrogens is 252 g/mol. The summed E-state index contributed by atoms with van der Waals surface area (Å²) in [7, 11) is 1.68. The number of nitrogens with zero attached hydrogens (tertiary/aromatic N) is 1. The van der Waals surface area contributed by atoms with Gasteiger partial charge < -0.3 is 15.0 Å². The second-order valence-electron chi connectivity index (χ2n) is 5.26. The number of carbonyl (C=O) groups is 1. The van der Waals surface area contributed by atoms with Crippen molar-refractivity contribution >= 4 is 5.91 Å². The monoisotopic (exact) mass is 276 g/mol. The summed E-state index contributed by atoms with van der Waals surface area (Å²) in [4.78, 5) is 13.9. The van der Waals surface area contributed by atoms with Crippen LogP contribution in [0.2, 0.25) is 0 Å². The quantitative estimate of drug-likeness (QED) is 0.867. The van der Waals surface area contributed by atoms with Gasteiger partial charge in [-0.3, -0.25) is 4.79 Å². The molecule has 0 saturated carbocycles. The number of hydrogen-bond acceptors (Lipinski definition) is 3. The van der Waals surface area contributed by atoms with Gasteiger partial charge in [-0.05, 0) is 25.8 Å². The Balaban J connectivity index is 1.79. The van der Waals surface area contributed by atoms with Crippen molar-refractivity contribution in [3.05, 3.63) is 29.8 Å². The number of para-hydroxylation sites is 1. The van der Waals surface area contributed by atoms with E-state index < -0.39 is 0 Å². The van der Waals surface area contributed by atoms with E-state index in [0.717, 1.165) is 37.2 Å². The number of benzene rings is 1. The number of rotatable bonds is 6. The average Bonchev–Trinajstić information content (AvgIpc) is 3.01. The molecule has 1 heterocycles. The van der Waals surface area contributed by atoms with Crippen molar-refractivity contribution < 1.29 is 9.53 Å². The van der Waals surface area contributed by atoms with Gasteiger partial charge in [0, 0.05) is 37.7 Å². The molecule has 20 heavy (non-hydrogen) atoms. The highest BCUT2D eigenvalue weighted by atomic mass is 16.5. The Kier molecular flexibility index (Phi) is 5.41. The van der Waals surface area contributed by atoms with Crippen LogP contribution in [0.25, 0.3) is 0 Å². The van der Waals surface area contributed by atoms with E-state index >= 15 is 0 Å². The van der Waals surface area contributed by atoms with Crippen LogP contribution in [-0.2, 0) is 4.79 Å². The number of methoxy groups -OCH3 is 1. The van der Waals surface area contributed by atoms with Crippen molar-refractivity contribution in [2.24, 2.45) is 0 Å². The Morgan fingerprint density at radius 3 is 2.75 bits per heavy atom. The first-order valence-electron chi connectivity index (χ1n) is 7.36. The zero-order valence-electron chi connectivity index (χ0n) is 12.4. The van der Waals surface area contributed by atoms with Crippen molar-refractivity contribution in [3.63, 3.8) is 0 Å². The highest BCUT2D eigenvalue weighted by molar-refractivity contribution is 5.76. The predicted molar refractivity (Wildman–Crippen MR) is 79.8 cm³/mol. The SMILES string of the molecule is COc1ccccc1C(C)NCCC(=O)N1CCCC1. The molecule has 110 valence electrons. The maximum absolute atomic E-state index is 11.9. The van der Waals surface area contributed by atoms with Gasteiger partial charge in [-0.15, -0.1) is 0 Å². The third-order valence-electron chi connectivity index (χ3n) is 3.85. The molecule has 1 fully saturated rings. The van der Waals surface area contributed by atoms with Crippen molar-refractivity contribution in [1.29, 1.82) is 0 Å². The minimum atomic E-state index is 0.178. The molecule has 2 rings (SSSR count). The summed E-state index contributed by atoms with van der Waals surface area (Å²) in [5, 5.41) is 3.40. The Morgan fingerprint density at radius 2 is 2.05 bits per heavy atom. The van der Waals surface area contributed by atoms with Gasteiger partial charge in [-0.25, -0.2) is 0 Å². The fraction of sp³-hybridized carbons (Fsp3) is 0.562. The van der Waals surface area contributed by atoms with Crippen LogP contribution in [0.4, 0.5) is 0 Å². The molecule has 1 amide bonds. The third kappa shape index (κ3) is 3.73. The van der Waals surface area contributed by atoms with E-state index in [1.54, 1.807) is 7.11 Å². The predicted octanol–water partition coefficient (Wildman–Crippen LogP) is 2.36. The number of hydrogen-bond donors (Lipinski definition) is 1. The summed E-state index contributed by atoms with van der Waals surface area (Å²) in [5.74, 6) is 1.15. The lowest BCUT2D eigenvalue weighted by Crippen LogP contribution is -2.31. The highest BCUT2D eigenvalue weighted by Crippen LogP contribution is 2.24. The summed E-state index contributed by atoms with van der Waals surface area (Å²) in [6.45, 7) is 4.66. The van der Waals surface area contributed by atoms with E-state index in [4.69, 9.17) is 4.74 Å². The van der Waals surface area contributed by atoms with E-state index in [9.17, 15) is 4.79 Å². The molecule has 0 bridgehead atoms. The average molecular weight is 276 g/mol. The van der Waals surface area contributed by atoms with Gasteiger partial charge >= 0.3 is 0 Å². The van der Waals surface area contributed by atoms with Crippen LogP contribution in [0.3, 0.4) is 0 Å². The molecule has 1 aliphatic heterocycles. The summed E-state index contributed by atoms with van der Waals surface area (Å²) in [5.41, 5.74) is 1.13. The molecule has 1 unspecified atom stereocenters. The molecule has 1 atom stereocenters. The molecule has 1 saturated heterocycles. The second kappa shape index (κ2) is 7.29. The van der Waals surface area contributed by atoms with Crippen LogP contribution in [0.5, 0.6) is 5.75 Å². The summed E-state index contributed by atoms with van der Waals surface area (Å²) < 4.78 is 5.36. The molecule has 0 aromatic heterocycles. The Hall–Kier alpha value is -1.55. The van der Waals surface area contributed by atoms with Gasteiger partial charge in [0.2, 0.25) is 5.91 Å². The largest absolute Gasteiger partial charge is 0.496 e. The Labute approximate surface area is 121 Å². The Bertz CT molecular complexity index is 442. The number of amides is 1. The second-order valence-corrected chi connectivity index (χ2v) is 5.26. The molecule has 0 radical (unpaired) electrons. The topological polar surface area (TPSA) is 41.6 Å². The maximum atomic E-state index is 11.9. The van der Waals surface area contributed by atoms with Gasteiger partial charge in [0.25, 0.3) is 0 Å². The van der Waals surface area contributed by atoms with E-state index in [1.165, 1.54) is 0 Å². The van der Waals surface area contributed by atoms with E-state index in [2.05, 4.69) is 18.3 Å². The minimum Gasteiger partial charge on any atom is -0.496 e. The number of likely N-dealkylation sites (tertiary alicyclic amines) is 1. The van der Waals surface area contributed by atoms with Gasteiger partial charge in [-0.2, -0.15) is 0 Å². The third-order valence-corrected chi connectivity index (χ3v) is 3.85. The van der Waals surface area contributed by atoms with Crippen LogP contribution < -0.4 is 10.1 Å². The smallest absolute Gasteiger partial charge is 0.223 e. The van der Waals surface area contributed by atoms with Crippen LogP contribution >= 0.6 is 0 Å². The first kappa shape index (κ1) is 14.9. The fourth-order valence-electron chi connectivity index (χ4n) is 2.65. The van der Waals surface area contributed by atoms with E-state index in [0.29, 0.717) is 13.0 Å². The van der Waals surface area contributed by atoms with E-state index in [-0.39, 0.29) is 11.9 Å². The van der Waals surface area contributed by atoms with E-state index in [1.807, 2.05) is 23.1 Å². The Morgan fingerprint density at radius 1 is 1.35 bits per heavy atom. The van der Waals surface area contributed by atoms with Gasteiger partial charge in [0.05, 0.1) is 7.11 Å². The summed E-state index contributed by atoms with van der Waals surface area (Å²) in [6, 6.07) is 8.16. The lowest BCUT2D eigenvalue weighted by molar-refractivity contribution is -0.130. The first-order chi connectivity index (χ1) is 9.72.